The number of methoxy groups -OCH3 is 2. The number of nitrogens with one attached hydrogen (secondary N) is 1. The third kappa shape index (κ3) is 5.17. The van der Waals surface area contributed by atoms with Gasteiger partial charge in [-0.05, 0) is 42.3 Å². The van der Waals surface area contributed by atoms with Crippen molar-refractivity contribution in [2.45, 2.75) is 6.42 Å². The lowest BCUT2D eigenvalue weighted by Crippen LogP contribution is -2.47. The number of hydrogen-bond acceptors (Lipinski definition) is 4. The molecule has 2 aromatic rings. The number of amides is 4. The second kappa shape index (κ2) is 9.95. The fourth-order valence-corrected chi connectivity index (χ4v) is 3.66. The molecule has 33 heavy (non-hydrogen) atoms. The number of fused-ring (bicyclic) bond motifs is 1. The Bertz CT molecular complexity index is 1180. The van der Waals surface area contributed by atoms with Crippen LogP contribution in [0, 0.1) is 5.92 Å². The first-order valence-electron chi connectivity index (χ1n) is 10.5. The molecule has 8 heteroatoms. The van der Waals surface area contributed by atoms with E-state index in [9.17, 15) is 9.59 Å². The Morgan fingerprint density at radius 2 is 1.85 bits per heavy atom. The molecule has 1 aliphatic carbocycles. The molecular weight excluding hydrogens is 420 g/mol. The van der Waals surface area contributed by atoms with Crippen molar-refractivity contribution in [3.63, 3.8) is 0 Å². The smallest absolute Gasteiger partial charge is 0.349 e. The van der Waals surface area contributed by atoms with E-state index in [1.165, 1.54) is 4.90 Å². The van der Waals surface area contributed by atoms with Crippen LogP contribution in [-0.2, 0) is 6.42 Å². The van der Waals surface area contributed by atoms with Crippen LogP contribution >= 0.6 is 0 Å². The number of nitrogens with zero attached hydrogens (tertiary/aromatic N) is 3. The van der Waals surface area contributed by atoms with E-state index in [0.717, 1.165) is 11.3 Å². The highest BCUT2D eigenvalue weighted by atomic mass is 16.5. The maximum atomic E-state index is 12.9. The molecule has 1 aliphatic heterocycles. The maximum Gasteiger partial charge on any atom is 0.349 e. The predicted octanol–water partition coefficient (Wildman–Crippen LogP) is 4.50. The lowest BCUT2D eigenvalue weighted by Gasteiger charge is -2.31. The molecule has 2 aliphatic rings. The molecule has 4 amide bonds. The Morgan fingerprint density at radius 1 is 1.09 bits per heavy atom. The summed E-state index contributed by atoms with van der Waals surface area (Å²) >= 11 is 0. The third-order valence-corrected chi connectivity index (χ3v) is 5.31. The molecule has 168 valence electrons. The van der Waals surface area contributed by atoms with Gasteiger partial charge in [-0.3, -0.25) is 4.90 Å². The quantitative estimate of drug-likeness (QED) is 0.710. The van der Waals surface area contributed by atoms with Gasteiger partial charge in [0.15, 0.2) is 0 Å². The Balaban J connectivity index is 1.59. The Morgan fingerprint density at radius 3 is 2.64 bits per heavy atom. The van der Waals surface area contributed by atoms with Crippen LogP contribution in [0.15, 0.2) is 82.8 Å². The highest BCUT2D eigenvalue weighted by Crippen LogP contribution is 2.23. The second-order valence-electron chi connectivity index (χ2n) is 7.43. The molecule has 8 nitrogen and oxygen atoms in total. The van der Waals surface area contributed by atoms with E-state index < -0.39 is 12.1 Å². The average molecular weight is 444 g/mol. The fourth-order valence-electron chi connectivity index (χ4n) is 3.66. The van der Waals surface area contributed by atoms with Gasteiger partial charge in [-0.1, -0.05) is 36.4 Å². The number of anilines is 1. The molecule has 1 heterocycles. The number of allylic oxidation sites excluding steroid dienone is 3. The number of amidine groups is 1. The fraction of sp³-hybridized carbons (Fsp3) is 0.200. The minimum absolute atomic E-state index is 0.322. The van der Waals surface area contributed by atoms with E-state index in [0.29, 0.717) is 35.9 Å². The molecule has 1 N–H and O–H groups in total. The van der Waals surface area contributed by atoms with Gasteiger partial charge in [0.1, 0.15) is 17.3 Å². The van der Waals surface area contributed by atoms with Crippen molar-refractivity contribution in [3.8, 4) is 11.5 Å². The zero-order valence-corrected chi connectivity index (χ0v) is 18.4. The first-order chi connectivity index (χ1) is 16.1. The minimum atomic E-state index is -0.582. The number of hydrogen-bond donors (Lipinski definition) is 1. The van der Waals surface area contributed by atoms with Gasteiger partial charge in [0.25, 0.3) is 0 Å². The van der Waals surface area contributed by atoms with Crippen LogP contribution in [0.4, 0.5) is 15.3 Å². The normalized spacial score (nSPS) is 18.1. The van der Waals surface area contributed by atoms with Crippen LogP contribution in [0.25, 0.3) is 0 Å². The molecule has 0 saturated carbocycles. The molecule has 0 radical (unpaired) electrons. The molecule has 0 fully saturated rings. The number of aliphatic imine (C=N–C) groups is 2. The van der Waals surface area contributed by atoms with Crippen molar-refractivity contribution in [2.75, 3.05) is 26.1 Å². The van der Waals surface area contributed by atoms with Crippen LogP contribution in [0.2, 0.25) is 0 Å². The molecule has 1 unspecified atom stereocenters. The number of benzene rings is 2. The van der Waals surface area contributed by atoms with Gasteiger partial charge in [-0.15, -0.1) is 0 Å². The molecule has 0 bridgehead atoms. The zero-order chi connectivity index (χ0) is 23.2. The number of ether oxygens (including phenoxy) is 2. The van der Waals surface area contributed by atoms with Crippen molar-refractivity contribution < 1.29 is 19.1 Å². The van der Waals surface area contributed by atoms with Crippen LogP contribution in [-0.4, -0.2) is 49.3 Å². The van der Waals surface area contributed by atoms with Crippen molar-refractivity contribution >= 4 is 29.3 Å². The predicted molar refractivity (Wildman–Crippen MR) is 127 cm³/mol. The number of carbonyl (C=O) groups is 2. The maximum absolute atomic E-state index is 12.9. The summed E-state index contributed by atoms with van der Waals surface area (Å²) in [6.45, 7) is 0.322. The topological polar surface area (TPSA) is 92.6 Å². The van der Waals surface area contributed by atoms with Crippen LogP contribution in [0.5, 0.6) is 11.5 Å². The van der Waals surface area contributed by atoms with E-state index in [-0.39, 0.29) is 5.92 Å². The number of rotatable bonds is 6. The van der Waals surface area contributed by atoms with E-state index in [1.807, 2.05) is 42.5 Å². The van der Waals surface area contributed by atoms with Crippen molar-refractivity contribution in [2.24, 2.45) is 15.9 Å². The van der Waals surface area contributed by atoms with E-state index >= 15 is 0 Å². The largest absolute Gasteiger partial charge is 0.497 e. The van der Waals surface area contributed by atoms with Crippen LogP contribution in [0.3, 0.4) is 0 Å². The van der Waals surface area contributed by atoms with Gasteiger partial charge < -0.3 is 14.8 Å². The highest BCUT2D eigenvalue weighted by molar-refractivity contribution is 6.24. The Labute approximate surface area is 191 Å². The molecule has 0 aromatic heterocycles. The van der Waals surface area contributed by atoms with Gasteiger partial charge in [0, 0.05) is 18.3 Å². The molecular formula is C25H24N4O4. The minimum Gasteiger partial charge on any atom is -0.497 e. The van der Waals surface area contributed by atoms with Crippen LogP contribution < -0.4 is 14.8 Å². The first-order valence-corrected chi connectivity index (χ1v) is 10.5. The van der Waals surface area contributed by atoms with Gasteiger partial charge >= 0.3 is 12.1 Å². The summed E-state index contributed by atoms with van der Waals surface area (Å²) in [7, 11) is 3.16. The lowest BCUT2D eigenvalue weighted by molar-refractivity contribution is 0.228. The van der Waals surface area contributed by atoms with E-state index in [2.05, 4.69) is 15.3 Å². The summed E-state index contributed by atoms with van der Waals surface area (Å²) in [5.74, 6) is 1.32. The standard InChI is InChI=1S/C25H24N4O4/c1-32-19-9-5-7-17(15-19)13-14-29-23(21-11-3-4-12-22(21)27-25(29)31)28-24(30)26-18-8-6-10-20(16-18)33-2/h3-12,15-16,21H,13-14H2,1-2H3,(H,26,30)/b28-23-. The van der Waals surface area contributed by atoms with Gasteiger partial charge in [-0.25, -0.2) is 9.59 Å². The zero-order valence-electron chi connectivity index (χ0n) is 18.4. The molecule has 0 saturated heterocycles. The summed E-state index contributed by atoms with van der Waals surface area (Å²) < 4.78 is 10.5. The van der Waals surface area contributed by atoms with E-state index in [1.54, 1.807) is 44.6 Å². The number of carbonyl (C=O) groups excluding carboxylic acids is 2. The summed E-state index contributed by atoms with van der Waals surface area (Å²) in [6, 6.07) is 13.6. The molecule has 1 atom stereocenters. The van der Waals surface area contributed by atoms with Crippen molar-refractivity contribution in [1.29, 1.82) is 0 Å². The van der Waals surface area contributed by atoms with Gasteiger partial charge in [-0.2, -0.15) is 9.98 Å². The highest BCUT2D eigenvalue weighted by Gasteiger charge is 2.34. The summed E-state index contributed by atoms with van der Waals surface area (Å²) in [4.78, 5) is 35.6. The second-order valence-corrected chi connectivity index (χ2v) is 7.43. The van der Waals surface area contributed by atoms with Crippen LogP contribution in [0.1, 0.15) is 5.56 Å². The van der Waals surface area contributed by atoms with Crippen molar-refractivity contribution in [3.05, 3.63) is 78.4 Å². The third-order valence-electron chi connectivity index (χ3n) is 5.31. The molecule has 2 aromatic carbocycles. The SMILES string of the molecule is COc1cccc(CCN2C(=O)N=C3C=CC=CC3/C2=N/C(=O)Nc2cccc(OC)c2)c1. The van der Waals surface area contributed by atoms with E-state index in [4.69, 9.17) is 9.47 Å². The van der Waals surface area contributed by atoms with Gasteiger partial charge in [0.2, 0.25) is 0 Å². The Hall–Kier alpha value is -4.20. The summed E-state index contributed by atoms with van der Waals surface area (Å²) in [5.41, 5.74) is 2.10. The Kier molecular flexibility index (Phi) is 6.64. The van der Waals surface area contributed by atoms with Crippen molar-refractivity contribution in [1.82, 2.24) is 4.90 Å². The van der Waals surface area contributed by atoms with Gasteiger partial charge in [0.05, 0.1) is 25.8 Å². The average Bonchev–Trinajstić information content (AvgIpc) is 2.83. The monoisotopic (exact) mass is 444 g/mol. The molecule has 4 rings (SSSR count). The number of urea groups is 2. The summed E-state index contributed by atoms with van der Waals surface area (Å²) in [5, 5.41) is 2.74. The lowest BCUT2D eigenvalue weighted by atomic mass is 9.94. The summed E-state index contributed by atoms with van der Waals surface area (Å²) in [6.07, 6.45) is 7.85. The molecule has 0 spiro atoms. The first kappa shape index (κ1) is 22.0.